The van der Waals surface area contributed by atoms with Crippen molar-refractivity contribution in [3.8, 4) is 5.75 Å². The highest BCUT2D eigenvalue weighted by molar-refractivity contribution is 6.03. The lowest BCUT2D eigenvalue weighted by Crippen LogP contribution is -2.09. The number of aromatic hydroxyl groups is 1. The third-order valence-corrected chi connectivity index (χ3v) is 4.10. The Kier molecular flexibility index (Phi) is 3.07. The number of aromatic nitrogens is 1. The van der Waals surface area contributed by atoms with Gasteiger partial charge in [0.25, 0.3) is 0 Å². The molecule has 0 fully saturated rings. The summed E-state index contributed by atoms with van der Waals surface area (Å²) < 4.78 is 0. The molecule has 0 bridgehead atoms. The molecule has 4 nitrogen and oxygen atoms in total. The van der Waals surface area contributed by atoms with Crippen molar-refractivity contribution in [2.45, 2.75) is 12.8 Å². The van der Waals surface area contributed by atoms with Gasteiger partial charge < -0.3 is 15.4 Å². The van der Waals surface area contributed by atoms with Gasteiger partial charge in [-0.05, 0) is 23.6 Å². The molecule has 0 radical (unpaired) electrons. The Morgan fingerprint density at radius 3 is 2.95 bits per heavy atom. The van der Waals surface area contributed by atoms with E-state index in [0.717, 1.165) is 36.0 Å². The zero-order valence-corrected chi connectivity index (χ0v) is 12.1. The maximum absolute atomic E-state index is 10.4. The fraction of sp³-hybridized carbons (Fsp3) is 0.167. The molecule has 0 spiro atoms. The summed E-state index contributed by atoms with van der Waals surface area (Å²) in [4.78, 5) is 7.63. The Hall–Kier alpha value is -2.75. The van der Waals surface area contributed by atoms with Crippen molar-refractivity contribution in [1.29, 1.82) is 0 Å². The molecule has 2 heterocycles. The van der Waals surface area contributed by atoms with Gasteiger partial charge in [0.1, 0.15) is 5.69 Å². The average Bonchev–Trinajstić information content (AvgIpc) is 2.99. The highest BCUT2D eigenvalue weighted by Gasteiger charge is 2.18. The van der Waals surface area contributed by atoms with E-state index in [1.54, 1.807) is 0 Å². The summed E-state index contributed by atoms with van der Waals surface area (Å²) in [5, 5.41) is 14.9. The zero-order chi connectivity index (χ0) is 14.9. The van der Waals surface area contributed by atoms with E-state index < -0.39 is 0 Å². The normalized spacial score (nSPS) is 13.6. The molecule has 3 N–H and O–H groups in total. The molecule has 0 atom stereocenters. The number of anilines is 1. The fourth-order valence-electron chi connectivity index (χ4n) is 2.99. The van der Waals surface area contributed by atoms with E-state index in [2.05, 4.69) is 27.4 Å². The second-order valence-electron chi connectivity index (χ2n) is 5.53. The lowest BCUT2D eigenvalue weighted by Gasteiger charge is -2.16. The summed E-state index contributed by atoms with van der Waals surface area (Å²) in [6, 6.07) is 12.1. The van der Waals surface area contributed by atoms with Gasteiger partial charge in [-0.3, -0.25) is 4.99 Å². The van der Waals surface area contributed by atoms with Crippen LogP contribution in [-0.2, 0) is 12.8 Å². The van der Waals surface area contributed by atoms with Gasteiger partial charge in [-0.25, -0.2) is 0 Å². The van der Waals surface area contributed by atoms with Gasteiger partial charge in [-0.15, -0.1) is 0 Å². The van der Waals surface area contributed by atoms with Crippen molar-refractivity contribution in [3.05, 3.63) is 53.7 Å². The number of H-pyrrole nitrogens is 1. The monoisotopic (exact) mass is 291 g/mol. The third kappa shape index (κ3) is 2.13. The SMILES string of the molecule is Oc1c(N=CCc2ccccc2)cc2c3c(c[nH]c13)CCN2. The molecule has 0 saturated heterocycles. The topological polar surface area (TPSA) is 60.4 Å². The second kappa shape index (κ2) is 5.22. The standard InChI is InChI=1S/C18H17N3O/c22-18-15(20-8-6-12-4-2-1-3-5-12)10-14-16-13(7-9-19-14)11-21-17(16)18/h1-5,8,10-11,19,21-22H,6-7,9H2. The van der Waals surface area contributed by atoms with Crippen LogP contribution in [0.4, 0.5) is 11.4 Å². The first kappa shape index (κ1) is 13.0. The van der Waals surface area contributed by atoms with Crippen LogP contribution < -0.4 is 5.32 Å². The van der Waals surface area contributed by atoms with Crippen molar-refractivity contribution < 1.29 is 5.11 Å². The van der Waals surface area contributed by atoms with Gasteiger partial charge in [0.05, 0.1) is 5.52 Å². The van der Waals surface area contributed by atoms with E-state index in [0.29, 0.717) is 5.69 Å². The van der Waals surface area contributed by atoms with Crippen LogP contribution in [0.1, 0.15) is 11.1 Å². The second-order valence-corrected chi connectivity index (χ2v) is 5.53. The van der Waals surface area contributed by atoms with E-state index in [1.165, 1.54) is 11.1 Å². The first-order chi connectivity index (χ1) is 10.8. The van der Waals surface area contributed by atoms with E-state index in [1.807, 2.05) is 36.7 Å². The summed E-state index contributed by atoms with van der Waals surface area (Å²) in [6.45, 7) is 0.915. The van der Waals surface area contributed by atoms with Crippen molar-refractivity contribution in [2.24, 2.45) is 4.99 Å². The molecule has 1 aliphatic heterocycles. The zero-order valence-electron chi connectivity index (χ0n) is 12.1. The molecule has 2 aromatic carbocycles. The van der Waals surface area contributed by atoms with Gasteiger partial charge in [-0.2, -0.15) is 0 Å². The number of nitrogens with zero attached hydrogens (tertiary/aromatic N) is 1. The summed E-state index contributed by atoms with van der Waals surface area (Å²) in [5.74, 6) is 0.220. The molecule has 0 saturated carbocycles. The summed E-state index contributed by atoms with van der Waals surface area (Å²) in [7, 11) is 0. The molecule has 110 valence electrons. The lowest BCUT2D eigenvalue weighted by atomic mass is 10.0. The van der Waals surface area contributed by atoms with Crippen LogP contribution in [0.3, 0.4) is 0 Å². The van der Waals surface area contributed by atoms with Gasteiger partial charge in [0.2, 0.25) is 0 Å². The summed E-state index contributed by atoms with van der Waals surface area (Å²) in [6.07, 6.45) is 5.54. The molecule has 4 rings (SSSR count). The van der Waals surface area contributed by atoms with Crippen molar-refractivity contribution in [1.82, 2.24) is 4.98 Å². The molecular formula is C18H17N3O. The number of rotatable bonds is 3. The molecule has 3 aromatic rings. The maximum atomic E-state index is 10.4. The molecule has 0 unspecified atom stereocenters. The van der Waals surface area contributed by atoms with Crippen LogP contribution in [0.2, 0.25) is 0 Å². The lowest BCUT2D eigenvalue weighted by molar-refractivity contribution is 0.482. The van der Waals surface area contributed by atoms with E-state index in [4.69, 9.17) is 0 Å². The van der Waals surface area contributed by atoms with Crippen molar-refractivity contribution >= 4 is 28.5 Å². The largest absolute Gasteiger partial charge is 0.504 e. The Balaban J connectivity index is 1.69. The van der Waals surface area contributed by atoms with Crippen LogP contribution in [-0.4, -0.2) is 22.8 Å². The van der Waals surface area contributed by atoms with Crippen LogP contribution >= 0.6 is 0 Å². The molecular weight excluding hydrogens is 274 g/mol. The minimum Gasteiger partial charge on any atom is -0.504 e. The van der Waals surface area contributed by atoms with E-state index in [-0.39, 0.29) is 5.75 Å². The Bertz CT molecular complexity index is 850. The first-order valence-electron chi connectivity index (χ1n) is 7.49. The van der Waals surface area contributed by atoms with Crippen LogP contribution in [0.5, 0.6) is 5.75 Å². The minimum atomic E-state index is 0.220. The van der Waals surface area contributed by atoms with E-state index >= 15 is 0 Å². The smallest absolute Gasteiger partial charge is 0.165 e. The number of aliphatic imine (C=N–C) groups is 1. The van der Waals surface area contributed by atoms with Gasteiger partial charge in [0, 0.05) is 36.5 Å². The number of phenolic OH excluding ortho intramolecular Hbond substituents is 1. The number of hydrogen-bond acceptors (Lipinski definition) is 3. The number of phenols is 1. The van der Waals surface area contributed by atoms with Gasteiger partial charge in [-0.1, -0.05) is 30.3 Å². The summed E-state index contributed by atoms with van der Waals surface area (Å²) >= 11 is 0. The number of benzene rings is 2. The van der Waals surface area contributed by atoms with Crippen LogP contribution in [0.25, 0.3) is 10.9 Å². The van der Waals surface area contributed by atoms with Crippen molar-refractivity contribution in [3.63, 3.8) is 0 Å². The molecule has 0 aliphatic carbocycles. The van der Waals surface area contributed by atoms with E-state index in [9.17, 15) is 5.11 Å². The van der Waals surface area contributed by atoms with Crippen molar-refractivity contribution in [2.75, 3.05) is 11.9 Å². The molecule has 0 amide bonds. The molecule has 4 heteroatoms. The Labute approximate surface area is 128 Å². The average molecular weight is 291 g/mol. The fourth-order valence-corrected chi connectivity index (χ4v) is 2.99. The third-order valence-electron chi connectivity index (χ3n) is 4.10. The molecule has 1 aliphatic rings. The van der Waals surface area contributed by atoms with Gasteiger partial charge in [0.15, 0.2) is 5.75 Å². The minimum absolute atomic E-state index is 0.220. The molecule has 22 heavy (non-hydrogen) atoms. The number of hydrogen-bond donors (Lipinski definition) is 3. The Morgan fingerprint density at radius 1 is 1.23 bits per heavy atom. The predicted octanol–water partition coefficient (Wildman–Crippen LogP) is 3.79. The predicted molar refractivity (Wildman–Crippen MR) is 90.5 cm³/mol. The summed E-state index contributed by atoms with van der Waals surface area (Å²) in [5.41, 5.74) is 4.86. The van der Waals surface area contributed by atoms with Crippen LogP contribution in [0, 0.1) is 0 Å². The first-order valence-corrected chi connectivity index (χ1v) is 7.49. The highest BCUT2D eigenvalue weighted by Crippen LogP contribution is 2.42. The van der Waals surface area contributed by atoms with Gasteiger partial charge >= 0.3 is 0 Å². The molecule has 1 aromatic heterocycles. The van der Waals surface area contributed by atoms with Crippen LogP contribution in [0.15, 0.2) is 47.6 Å². The number of nitrogens with one attached hydrogen (secondary N) is 2. The quantitative estimate of drug-likeness (QED) is 0.508. The highest BCUT2D eigenvalue weighted by atomic mass is 16.3. The Morgan fingerprint density at radius 2 is 2.09 bits per heavy atom. The number of aromatic amines is 1. The maximum Gasteiger partial charge on any atom is 0.165 e.